The number of benzene rings is 1. The molecule has 1 aromatic rings. The zero-order valence-corrected chi connectivity index (χ0v) is 10.1. The van der Waals surface area contributed by atoms with E-state index in [0.717, 1.165) is 37.2 Å². The van der Waals surface area contributed by atoms with Gasteiger partial charge in [-0.25, -0.2) is 0 Å². The molecule has 1 heterocycles. The van der Waals surface area contributed by atoms with Crippen LogP contribution in [-0.2, 0) is 6.42 Å². The maximum atomic E-state index is 10.2. The van der Waals surface area contributed by atoms with E-state index in [2.05, 4.69) is 19.9 Å². The Kier molecular flexibility index (Phi) is 3.49. The largest absolute Gasteiger partial charge is 0.493 e. The van der Waals surface area contributed by atoms with Crippen molar-refractivity contribution >= 4 is 0 Å². The second-order valence-corrected chi connectivity index (χ2v) is 4.92. The van der Waals surface area contributed by atoms with E-state index in [0.29, 0.717) is 5.92 Å². The number of hydrogen-bond acceptors (Lipinski definition) is 2. The van der Waals surface area contributed by atoms with Crippen LogP contribution in [0.25, 0.3) is 0 Å². The van der Waals surface area contributed by atoms with Gasteiger partial charge < -0.3 is 9.84 Å². The Morgan fingerprint density at radius 2 is 2.12 bits per heavy atom. The number of aliphatic hydroxyl groups is 1. The summed E-state index contributed by atoms with van der Waals surface area (Å²) in [6.07, 6.45) is 2.46. The molecule has 2 rings (SSSR count). The molecule has 1 N–H and O–H groups in total. The van der Waals surface area contributed by atoms with Gasteiger partial charge in [-0.3, -0.25) is 0 Å². The smallest absolute Gasteiger partial charge is 0.128 e. The highest BCUT2D eigenvalue weighted by Gasteiger charge is 2.20. The molecule has 1 aromatic carbocycles. The topological polar surface area (TPSA) is 29.5 Å². The molecule has 1 unspecified atom stereocenters. The van der Waals surface area contributed by atoms with Crippen LogP contribution in [0, 0.1) is 5.92 Å². The van der Waals surface area contributed by atoms with Crippen LogP contribution >= 0.6 is 0 Å². The van der Waals surface area contributed by atoms with Crippen molar-refractivity contribution in [2.45, 2.75) is 39.2 Å². The molecule has 0 spiro atoms. The lowest BCUT2D eigenvalue weighted by Gasteiger charge is -2.15. The van der Waals surface area contributed by atoms with Crippen molar-refractivity contribution in [3.05, 3.63) is 29.3 Å². The second kappa shape index (κ2) is 4.88. The minimum absolute atomic E-state index is 0.379. The zero-order chi connectivity index (χ0) is 11.5. The molecule has 1 atom stereocenters. The first-order valence-corrected chi connectivity index (χ1v) is 6.11. The van der Waals surface area contributed by atoms with Crippen molar-refractivity contribution in [3.8, 4) is 5.75 Å². The van der Waals surface area contributed by atoms with E-state index in [1.165, 1.54) is 5.56 Å². The van der Waals surface area contributed by atoms with Crippen molar-refractivity contribution in [1.82, 2.24) is 0 Å². The summed E-state index contributed by atoms with van der Waals surface area (Å²) in [5.74, 6) is 1.56. The Labute approximate surface area is 97.3 Å². The van der Waals surface area contributed by atoms with E-state index in [4.69, 9.17) is 4.74 Å². The van der Waals surface area contributed by atoms with E-state index < -0.39 is 0 Å². The fourth-order valence-corrected chi connectivity index (χ4v) is 2.15. The van der Waals surface area contributed by atoms with E-state index in [1.54, 1.807) is 0 Å². The molecule has 0 saturated heterocycles. The fraction of sp³-hybridized carbons (Fsp3) is 0.571. The van der Waals surface area contributed by atoms with Gasteiger partial charge in [-0.05, 0) is 24.3 Å². The Bertz CT molecular complexity index is 358. The standard InChI is InChI=1S/C14H20O2/c1-10(2)6-7-13(15)12-5-3-4-11-8-9-16-14(11)12/h3-5,10,13,15H,6-9H2,1-2H3. The molecule has 0 aliphatic carbocycles. The first kappa shape index (κ1) is 11.5. The third kappa shape index (κ3) is 2.38. The maximum Gasteiger partial charge on any atom is 0.128 e. The van der Waals surface area contributed by atoms with Crippen molar-refractivity contribution in [2.75, 3.05) is 6.61 Å². The summed E-state index contributed by atoms with van der Waals surface area (Å²) in [6, 6.07) is 6.08. The van der Waals surface area contributed by atoms with E-state index >= 15 is 0 Å². The summed E-state index contributed by atoms with van der Waals surface area (Å²) in [4.78, 5) is 0. The van der Waals surface area contributed by atoms with Gasteiger partial charge in [-0.2, -0.15) is 0 Å². The zero-order valence-electron chi connectivity index (χ0n) is 10.1. The van der Waals surface area contributed by atoms with E-state index in [-0.39, 0.29) is 6.10 Å². The van der Waals surface area contributed by atoms with Crippen LogP contribution in [0.15, 0.2) is 18.2 Å². The first-order chi connectivity index (χ1) is 7.68. The van der Waals surface area contributed by atoms with Crippen LogP contribution in [0.2, 0.25) is 0 Å². The highest BCUT2D eigenvalue weighted by Crippen LogP contribution is 2.35. The quantitative estimate of drug-likeness (QED) is 0.845. The second-order valence-electron chi connectivity index (χ2n) is 4.92. The average molecular weight is 220 g/mol. The number of aliphatic hydroxyl groups excluding tert-OH is 1. The normalized spacial score (nSPS) is 16.0. The third-order valence-electron chi connectivity index (χ3n) is 3.12. The van der Waals surface area contributed by atoms with E-state index in [1.807, 2.05) is 12.1 Å². The number of fused-ring (bicyclic) bond motifs is 1. The molecule has 16 heavy (non-hydrogen) atoms. The van der Waals surface area contributed by atoms with Crippen LogP contribution < -0.4 is 4.74 Å². The van der Waals surface area contributed by atoms with Gasteiger partial charge in [-0.15, -0.1) is 0 Å². The van der Waals surface area contributed by atoms with E-state index in [9.17, 15) is 5.11 Å². The fourth-order valence-electron chi connectivity index (χ4n) is 2.15. The molecule has 0 fully saturated rings. The number of rotatable bonds is 4. The van der Waals surface area contributed by atoms with Gasteiger partial charge in [-0.1, -0.05) is 32.0 Å². The minimum atomic E-state index is -0.379. The lowest BCUT2D eigenvalue weighted by molar-refractivity contribution is 0.155. The van der Waals surface area contributed by atoms with Crippen molar-refractivity contribution in [2.24, 2.45) is 5.92 Å². The van der Waals surface area contributed by atoms with Crippen LogP contribution in [0.3, 0.4) is 0 Å². The molecule has 1 aliphatic rings. The molecule has 0 amide bonds. The number of para-hydroxylation sites is 1. The van der Waals surface area contributed by atoms with Gasteiger partial charge in [0.15, 0.2) is 0 Å². The number of hydrogen-bond donors (Lipinski definition) is 1. The monoisotopic (exact) mass is 220 g/mol. The summed E-state index contributed by atoms with van der Waals surface area (Å²) in [5.41, 5.74) is 2.21. The van der Waals surface area contributed by atoms with Gasteiger partial charge in [0.1, 0.15) is 5.75 Å². The SMILES string of the molecule is CC(C)CCC(O)c1cccc2c1OCC2. The van der Waals surface area contributed by atoms with Gasteiger partial charge in [0.2, 0.25) is 0 Å². The summed E-state index contributed by atoms with van der Waals surface area (Å²) >= 11 is 0. The summed E-state index contributed by atoms with van der Waals surface area (Å²) in [6.45, 7) is 5.11. The molecular weight excluding hydrogens is 200 g/mol. The van der Waals surface area contributed by atoms with Gasteiger partial charge in [0.05, 0.1) is 12.7 Å². The van der Waals surface area contributed by atoms with Crippen molar-refractivity contribution in [1.29, 1.82) is 0 Å². The maximum absolute atomic E-state index is 10.2. The molecule has 2 nitrogen and oxygen atoms in total. The molecule has 0 saturated carbocycles. The Morgan fingerprint density at radius 3 is 2.88 bits per heavy atom. The molecule has 1 aliphatic heterocycles. The van der Waals surface area contributed by atoms with Crippen molar-refractivity contribution in [3.63, 3.8) is 0 Å². The Balaban J connectivity index is 2.11. The molecule has 0 radical (unpaired) electrons. The lowest BCUT2D eigenvalue weighted by Crippen LogP contribution is -2.02. The highest BCUT2D eigenvalue weighted by molar-refractivity contribution is 5.45. The predicted molar refractivity (Wildman–Crippen MR) is 64.7 cm³/mol. The van der Waals surface area contributed by atoms with Gasteiger partial charge >= 0.3 is 0 Å². The molecule has 2 heteroatoms. The predicted octanol–water partition coefficient (Wildman–Crippen LogP) is 3.09. The minimum Gasteiger partial charge on any atom is -0.493 e. The first-order valence-electron chi connectivity index (χ1n) is 6.11. The van der Waals surface area contributed by atoms with Gasteiger partial charge in [0.25, 0.3) is 0 Å². The van der Waals surface area contributed by atoms with Crippen LogP contribution in [0.1, 0.15) is 43.9 Å². The summed E-state index contributed by atoms with van der Waals surface area (Å²) in [5, 5.41) is 10.2. The lowest BCUT2D eigenvalue weighted by atomic mass is 9.97. The summed E-state index contributed by atoms with van der Waals surface area (Å²) in [7, 11) is 0. The van der Waals surface area contributed by atoms with Gasteiger partial charge in [0, 0.05) is 12.0 Å². The molecule has 0 bridgehead atoms. The number of ether oxygens (including phenoxy) is 1. The van der Waals surface area contributed by atoms with Crippen LogP contribution in [-0.4, -0.2) is 11.7 Å². The summed E-state index contributed by atoms with van der Waals surface area (Å²) < 4.78 is 5.60. The third-order valence-corrected chi connectivity index (χ3v) is 3.12. The molecule has 0 aromatic heterocycles. The Morgan fingerprint density at radius 1 is 1.31 bits per heavy atom. The Hall–Kier alpha value is -1.02. The van der Waals surface area contributed by atoms with Crippen LogP contribution in [0.5, 0.6) is 5.75 Å². The average Bonchev–Trinajstić information content (AvgIpc) is 2.73. The molecule has 88 valence electrons. The van der Waals surface area contributed by atoms with Crippen molar-refractivity contribution < 1.29 is 9.84 Å². The highest BCUT2D eigenvalue weighted by atomic mass is 16.5. The molecular formula is C14H20O2. The van der Waals surface area contributed by atoms with Crippen LogP contribution in [0.4, 0.5) is 0 Å².